The summed E-state index contributed by atoms with van der Waals surface area (Å²) >= 11 is 1.55. The van der Waals surface area contributed by atoms with Crippen molar-refractivity contribution in [2.75, 3.05) is 19.7 Å². The largest absolute Gasteiger partial charge is 0.494 e. The number of nitrogens with one attached hydrogen (secondary N) is 2. The molecule has 0 saturated carbocycles. The van der Waals surface area contributed by atoms with Gasteiger partial charge >= 0.3 is 0 Å². The molecule has 0 unspecified atom stereocenters. The topological polar surface area (TPSA) is 63.2 Å². The molecule has 1 heterocycles. The number of aromatic nitrogens is 1. The van der Waals surface area contributed by atoms with E-state index in [1.807, 2.05) is 36.6 Å². The molecule has 5 nitrogen and oxygen atoms in total. The van der Waals surface area contributed by atoms with E-state index in [2.05, 4.69) is 29.5 Å². The SMILES string of the molecule is CCN[C@H](C)CNC(=O)Cc1csc(-c2ccc(OCC)cc2)n1.Cl.Cl. The van der Waals surface area contributed by atoms with Gasteiger partial charge in [-0.05, 0) is 44.7 Å². The first-order valence-corrected chi connectivity index (χ1v) is 9.18. The number of carbonyl (C=O) groups excluding carboxylic acids is 1. The van der Waals surface area contributed by atoms with E-state index in [1.165, 1.54) is 0 Å². The van der Waals surface area contributed by atoms with Crippen molar-refractivity contribution >= 4 is 42.1 Å². The number of carbonyl (C=O) groups is 1. The van der Waals surface area contributed by atoms with Gasteiger partial charge in [0, 0.05) is 23.5 Å². The van der Waals surface area contributed by atoms with E-state index in [0.717, 1.165) is 28.6 Å². The predicted molar refractivity (Wildman–Crippen MR) is 113 cm³/mol. The number of amides is 1. The molecule has 0 spiro atoms. The number of nitrogens with zero attached hydrogens (tertiary/aromatic N) is 1. The molecular weight excluding hydrogens is 393 g/mol. The fourth-order valence-corrected chi connectivity index (χ4v) is 3.12. The molecule has 0 aliphatic rings. The Hall–Kier alpha value is -1.34. The summed E-state index contributed by atoms with van der Waals surface area (Å²) in [5.41, 5.74) is 1.84. The zero-order valence-electron chi connectivity index (χ0n) is 15.3. The molecule has 2 rings (SSSR count). The van der Waals surface area contributed by atoms with Gasteiger partial charge in [-0.15, -0.1) is 36.2 Å². The van der Waals surface area contributed by atoms with Crippen LogP contribution in [0.5, 0.6) is 5.75 Å². The van der Waals surface area contributed by atoms with E-state index >= 15 is 0 Å². The van der Waals surface area contributed by atoms with Crippen molar-refractivity contribution in [3.63, 3.8) is 0 Å². The molecule has 2 N–H and O–H groups in total. The Morgan fingerprint density at radius 3 is 2.54 bits per heavy atom. The number of thiazole rings is 1. The smallest absolute Gasteiger partial charge is 0.226 e. The quantitative estimate of drug-likeness (QED) is 0.649. The molecule has 1 atom stereocenters. The number of rotatable bonds is 9. The van der Waals surface area contributed by atoms with Crippen molar-refractivity contribution in [2.45, 2.75) is 33.2 Å². The highest BCUT2D eigenvalue weighted by atomic mass is 35.5. The lowest BCUT2D eigenvalue weighted by Crippen LogP contribution is -2.39. The summed E-state index contributed by atoms with van der Waals surface area (Å²) in [4.78, 5) is 16.6. The molecule has 0 aliphatic carbocycles. The van der Waals surface area contributed by atoms with Crippen molar-refractivity contribution in [3.8, 4) is 16.3 Å². The summed E-state index contributed by atoms with van der Waals surface area (Å²) in [6.07, 6.45) is 0.312. The first-order valence-electron chi connectivity index (χ1n) is 8.30. The van der Waals surface area contributed by atoms with Crippen molar-refractivity contribution in [2.24, 2.45) is 0 Å². The molecular formula is C18H27Cl2N3O2S. The summed E-state index contributed by atoms with van der Waals surface area (Å²) in [6, 6.07) is 8.13. The van der Waals surface area contributed by atoms with Crippen molar-refractivity contribution < 1.29 is 9.53 Å². The van der Waals surface area contributed by atoms with Gasteiger partial charge in [-0.2, -0.15) is 0 Å². The highest BCUT2D eigenvalue weighted by Crippen LogP contribution is 2.25. The monoisotopic (exact) mass is 419 g/mol. The highest BCUT2D eigenvalue weighted by molar-refractivity contribution is 7.13. The molecule has 1 aromatic heterocycles. The zero-order valence-corrected chi connectivity index (χ0v) is 17.7. The molecule has 0 radical (unpaired) electrons. The van der Waals surface area contributed by atoms with Crippen molar-refractivity contribution in [1.82, 2.24) is 15.6 Å². The van der Waals surface area contributed by atoms with E-state index in [0.29, 0.717) is 19.6 Å². The van der Waals surface area contributed by atoms with E-state index < -0.39 is 0 Å². The molecule has 8 heteroatoms. The fourth-order valence-electron chi connectivity index (χ4n) is 2.30. The van der Waals surface area contributed by atoms with Crippen LogP contribution in [0.1, 0.15) is 26.5 Å². The summed E-state index contributed by atoms with van der Waals surface area (Å²) in [5.74, 6) is 0.857. The third kappa shape index (κ3) is 7.91. The molecule has 0 fully saturated rings. The van der Waals surface area contributed by atoms with Crippen LogP contribution in [-0.4, -0.2) is 36.6 Å². The van der Waals surface area contributed by atoms with Gasteiger partial charge in [0.05, 0.1) is 18.7 Å². The molecule has 1 aromatic carbocycles. The van der Waals surface area contributed by atoms with Gasteiger partial charge in [-0.1, -0.05) is 6.92 Å². The number of hydrogen-bond donors (Lipinski definition) is 2. The van der Waals surface area contributed by atoms with E-state index in [9.17, 15) is 4.79 Å². The van der Waals surface area contributed by atoms with Crippen LogP contribution in [0.4, 0.5) is 0 Å². The van der Waals surface area contributed by atoms with Crippen LogP contribution >= 0.6 is 36.2 Å². The van der Waals surface area contributed by atoms with Gasteiger partial charge < -0.3 is 15.4 Å². The normalized spacial score (nSPS) is 11.0. The van der Waals surface area contributed by atoms with Crippen LogP contribution in [-0.2, 0) is 11.2 Å². The third-order valence-corrected chi connectivity index (χ3v) is 4.40. The van der Waals surface area contributed by atoms with Crippen LogP contribution in [0, 0.1) is 0 Å². The maximum absolute atomic E-state index is 12.0. The third-order valence-electron chi connectivity index (χ3n) is 3.46. The van der Waals surface area contributed by atoms with Crippen LogP contribution in [0.15, 0.2) is 29.6 Å². The Balaban J connectivity index is 0.00000312. The van der Waals surface area contributed by atoms with Crippen LogP contribution in [0.25, 0.3) is 10.6 Å². The second-order valence-corrected chi connectivity index (χ2v) is 6.40. The fraction of sp³-hybridized carbons (Fsp3) is 0.444. The first kappa shape index (κ1) is 24.7. The Morgan fingerprint density at radius 2 is 1.92 bits per heavy atom. The summed E-state index contributed by atoms with van der Waals surface area (Å²) in [7, 11) is 0. The summed E-state index contributed by atoms with van der Waals surface area (Å²) in [5, 5.41) is 9.06. The number of hydrogen-bond acceptors (Lipinski definition) is 5. The number of halogens is 2. The molecule has 26 heavy (non-hydrogen) atoms. The zero-order chi connectivity index (χ0) is 17.4. The van der Waals surface area contributed by atoms with E-state index in [-0.39, 0.29) is 36.8 Å². The average molecular weight is 420 g/mol. The minimum absolute atomic E-state index is 0. The second-order valence-electron chi connectivity index (χ2n) is 5.54. The second kappa shape index (κ2) is 12.9. The summed E-state index contributed by atoms with van der Waals surface area (Å²) < 4.78 is 5.44. The molecule has 0 bridgehead atoms. The first-order chi connectivity index (χ1) is 11.6. The van der Waals surface area contributed by atoms with Gasteiger partial charge in [0.2, 0.25) is 5.91 Å². The van der Waals surface area contributed by atoms with Gasteiger partial charge in [0.15, 0.2) is 0 Å². The maximum Gasteiger partial charge on any atom is 0.226 e. The molecule has 1 amide bonds. The van der Waals surface area contributed by atoms with E-state index in [1.54, 1.807) is 11.3 Å². The van der Waals surface area contributed by atoms with Gasteiger partial charge in [-0.25, -0.2) is 4.98 Å². The molecule has 146 valence electrons. The average Bonchev–Trinajstić information content (AvgIpc) is 3.03. The molecule has 0 aliphatic heterocycles. The van der Waals surface area contributed by atoms with Crippen LogP contribution in [0.3, 0.4) is 0 Å². The number of benzene rings is 1. The van der Waals surface area contributed by atoms with Gasteiger partial charge in [-0.3, -0.25) is 4.79 Å². The van der Waals surface area contributed by atoms with Gasteiger partial charge in [0.1, 0.15) is 10.8 Å². The van der Waals surface area contributed by atoms with Crippen molar-refractivity contribution in [3.05, 3.63) is 35.3 Å². The molecule has 0 saturated heterocycles. The minimum Gasteiger partial charge on any atom is -0.494 e. The Labute approximate surface area is 171 Å². The standard InChI is InChI=1S/C18H25N3O2S.2ClH/c1-4-19-13(3)11-20-17(22)10-15-12-24-18(21-15)14-6-8-16(9-7-14)23-5-2;;/h6-9,12-13,19H,4-5,10-11H2,1-3H3,(H,20,22);2*1H/t13-;;/m1../s1. The van der Waals surface area contributed by atoms with Crippen LogP contribution in [0.2, 0.25) is 0 Å². The highest BCUT2D eigenvalue weighted by Gasteiger charge is 2.10. The lowest BCUT2D eigenvalue weighted by Gasteiger charge is -2.12. The van der Waals surface area contributed by atoms with E-state index in [4.69, 9.17) is 4.74 Å². The summed E-state index contributed by atoms with van der Waals surface area (Å²) in [6.45, 7) is 8.25. The Morgan fingerprint density at radius 1 is 1.23 bits per heavy atom. The van der Waals surface area contributed by atoms with Crippen LogP contribution < -0.4 is 15.4 Å². The van der Waals surface area contributed by atoms with Gasteiger partial charge in [0.25, 0.3) is 0 Å². The lowest BCUT2D eigenvalue weighted by molar-refractivity contribution is -0.120. The predicted octanol–water partition coefficient (Wildman–Crippen LogP) is 3.71. The maximum atomic E-state index is 12.0. The number of likely N-dealkylation sites (N-methyl/N-ethyl adjacent to an activating group) is 1. The molecule has 2 aromatic rings. The minimum atomic E-state index is 0. The van der Waals surface area contributed by atoms with Crippen molar-refractivity contribution in [1.29, 1.82) is 0 Å². The Bertz CT molecular complexity index is 650. The number of ether oxygens (including phenoxy) is 1. The lowest BCUT2D eigenvalue weighted by atomic mass is 10.2. The Kier molecular flexibility index (Phi) is 12.3.